The number of aromatic carboxylic acids is 1. The smallest absolute Gasteiger partial charge is 0.335 e. The number of carbonyl (C=O) groups is 1. The van der Waals surface area contributed by atoms with Crippen LogP contribution in [0, 0.1) is 6.92 Å². The molecule has 7 nitrogen and oxygen atoms in total. The van der Waals surface area contributed by atoms with Crippen LogP contribution in [0.3, 0.4) is 0 Å². The summed E-state index contributed by atoms with van der Waals surface area (Å²) >= 11 is 0. The summed E-state index contributed by atoms with van der Waals surface area (Å²) in [6.07, 6.45) is 0. The van der Waals surface area contributed by atoms with E-state index in [9.17, 15) is 13.2 Å². The number of aromatic nitrogens is 2. The lowest BCUT2D eigenvalue weighted by Gasteiger charge is -2.21. The van der Waals surface area contributed by atoms with Crippen molar-refractivity contribution in [2.45, 2.75) is 31.8 Å². The van der Waals surface area contributed by atoms with Crippen molar-refractivity contribution >= 4 is 21.7 Å². The third-order valence-electron chi connectivity index (χ3n) is 3.42. The maximum atomic E-state index is 12.8. The number of carboxylic acid groups (broad SMARTS) is 1. The van der Waals surface area contributed by atoms with Crippen LogP contribution in [-0.4, -0.2) is 36.3 Å². The predicted octanol–water partition coefficient (Wildman–Crippen LogP) is 2.30. The lowest BCUT2D eigenvalue weighted by atomic mass is 10.2. The van der Waals surface area contributed by atoms with Crippen LogP contribution in [0.5, 0.6) is 0 Å². The molecule has 0 aliphatic heterocycles. The molecule has 1 heterocycles. The van der Waals surface area contributed by atoms with Crippen LogP contribution >= 0.6 is 0 Å². The van der Waals surface area contributed by atoms with Gasteiger partial charge in [-0.2, -0.15) is 13.5 Å². The van der Waals surface area contributed by atoms with Crippen molar-refractivity contribution in [2.75, 3.05) is 11.4 Å². The number of hydrogen-bond acceptors (Lipinski definition) is 4. The molecule has 8 heteroatoms. The van der Waals surface area contributed by atoms with Crippen LogP contribution in [-0.2, 0) is 10.0 Å². The Morgan fingerprint density at radius 2 is 1.83 bits per heavy atom. The van der Waals surface area contributed by atoms with Crippen molar-refractivity contribution in [2.24, 2.45) is 0 Å². The average molecular weight is 337 g/mol. The Bertz CT molecular complexity index is 823. The van der Waals surface area contributed by atoms with Gasteiger partial charge in [0.25, 0.3) is 10.0 Å². The summed E-state index contributed by atoms with van der Waals surface area (Å²) in [6.45, 7) is 5.44. The van der Waals surface area contributed by atoms with Crippen molar-refractivity contribution in [1.82, 2.24) is 9.78 Å². The minimum absolute atomic E-state index is 0.0996. The molecule has 0 fully saturated rings. The third-order valence-corrected chi connectivity index (χ3v) is 5.18. The maximum Gasteiger partial charge on any atom is 0.335 e. The van der Waals surface area contributed by atoms with E-state index in [2.05, 4.69) is 5.10 Å². The fourth-order valence-electron chi connectivity index (χ4n) is 2.15. The van der Waals surface area contributed by atoms with E-state index in [0.29, 0.717) is 11.4 Å². The molecule has 1 N–H and O–H groups in total. The Balaban J connectivity index is 2.45. The van der Waals surface area contributed by atoms with E-state index in [1.165, 1.54) is 42.1 Å². The number of aryl methyl sites for hydroxylation is 1. The molecular weight excluding hydrogens is 318 g/mol. The molecule has 0 unspecified atom stereocenters. The van der Waals surface area contributed by atoms with Crippen LogP contribution in [0.2, 0.25) is 0 Å². The second-order valence-electron chi connectivity index (χ2n) is 5.49. The van der Waals surface area contributed by atoms with E-state index >= 15 is 0 Å². The molecule has 0 atom stereocenters. The van der Waals surface area contributed by atoms with Crippen molar-refractivity contribution < 1.29 is 18.3 Å². The molecule has 0 amide bonds. The van der Waals surface area contributed by atoms with Gasteiger partial charge in [0.2, 0.25) is 0 Å². The summed E-state index contributed by atoms with van der Waals surface area (Å²) in [5.74, 6) is -1.06. The fraction of sp³-hybridized carbons (Fsp3) is 0.333. The van der Waals surface area contributed by atoms with E-state index in [1.807, 2.05) is 13.8 Å². The standard InChI is InChI=1S/C15H19N3O4S/c1-10(2)18-14(9-11(3)16-18)23(21,22)17(4)13-7-5-12(6-8-13)15(19)20/h5-10H,1-4H3,(H,19,20). The summed E-state index contributed by atoms with van der Waals surface area (Å²) in [7, 11) is -2.36. The van der Waals surface area contributed by atoms with Gasteiger partial charge < -0.3 is 5.11 Å². The number of sulfonamides is 1. The van der Waals surface area contributed by atoms with Gasteiger partial charge in [0.1, 0.15) is 0 Å². The molecule has 0 radical (unpaired) electrons. The predicted molar refractivity (Wildman–Crippen MR) is 86.3 cm³/mol. The highest BCUT2D eigenvalue weighted by Gasteiger charge is 2.27. The molecular formula is C15H19N3O4S. The zero-order valence-corrected chi connectivity index (χ0v) is 14.2. The molecule has 0 saturated heterocycles. The molecule has 2 rings (SSSR count). The largest absolute Gasteiger partial charge is 0.478 e. The second kappa shape index (κ2) is 6.04. The van der Waals surface area contributed by atoms with Gasteiger partial charge in [-0.15, -0.1) is 0 Å². The van der Waals surface area contributed by atoms with Gasteiger partial charge in [-0.1, -0.05) is 0 Å². The molecule has 0 spiro atoms. The first-order valence-corrected chi connectivity index (χ1v) is 8.47. The Hall–Kier alpha value is -2.35. The summed E-state index contributed by atoms with van der Waals surface area (Å²) in [4.78, 5) is 10.9. The second-order valence-corrected chi connectivity index (χ2v) is 7.40. The normalized spacial score (nSPS) is 11.7. The minimum Gasteiger partial charge on any atom is -0.478 e. The third kappa shape index (κ3) is 3.21. The minimum atomic E-state index is -3.79. The van der Waals surface area contributed by atoms with Gasteiger partial charge >= 0.3 is 5.97 Å². The van der Waals surface area contributed by atoms with Gasteiger partial charge in [-0.25, -0.2) is 9.48 Å². The highest BCUT2D eigenvalue weighted by molar-refractivity contribution is 7.92. The van der Waals surface area contributed by atoms with Crippen molar-refractivity contribution in [3.8, 4) is 0 Å². The zero-order valence-electron chi connectivity index (χ0n) is 13.4. The lowest BCUT2D eigenvalue weighted by molar-refractivity contribution is 0.0697. The first-order valence-electron chi connectivity index (χ1n) is 7.03. The van der Waals surface area contributed by atoms with Crippen LogP contribution in [0.15, 0.2) is 35.4 Å². The van der Waals surface area contributed by atoms with E-state index in [1.54, 1.807) is 6.92 Å². The van der Waals surface area contributed by atoms with Gasteiger partial charge in [0, 0.05) is 19.2 Å². The van der Waals surface area contributed by atoms with Crippen molar-refractivity contribution in [3.63, 3.8) is 0 Å². The molecule has 0 aliphatic carbocycles. The van der Waals surface area contributed by atoms with E-state index in [0.717, 1.165) is 4.31 Å². The summed E-state index contributed by atoms with van der Waals surface area (Å²) in [6, 6.07) is 7.09. The first-order chi connectivity index (χ1) is 10.6. The van der Waals surface area contributed by atoms with Gasteiger partial charge in [0.15, 0.2) is 5.03 Å². The van der Waals surface area contributed by atoms with E-state index in [-0.39, 0.29) is 16.6 Å². The molecule has 124 valence electrons. The number of hydrogen-bond donors (Lipinski definition) is 1. The number of anilines is 1. The number of benzene rings is 1. The molecule has 0 saturated carbocycles. The van der Waals surface area contributed by atoms with Gasteiger partial charge in [-0.3, -0.25) is 4.31 Å². The topological polar surface area (TPSA) is 92.5 Å². The summed E-state index contributed by atoms with van der Waals surface area (Å²) in [5.41, 5.74) is 1.10. The number of carboxylic acids is 1. The SMILES string of the molecule is Cc1cc(S(=O)(=O)N(C)c2ccc(C(=O)O)cc2)n(C(C)C)n1. The van der Waals surface area contributed by atoms with Crippen LogP contribution in [0.25, 0.3) is 0 Å². The Kier molecular flexibility index (Phi) is 4.46. The lowest BCUT2D eigenvalue weighted by Crippen LogP contribution is -2.29. The number of nitrogens with zero attached hydrogens (tertiary/aromatic N) is 3. The Morgan fingerprint density at radius 1 is 1.26 bits per heavy atom. The molecule has 1 aromatic heterocycles. The fourth-order valence-corrected chi connectivity index (χ4v) is 3.64. The Morgan fingerprint density at radius 3 is 2.30 bits per heavy atom. The van der Waals surface area contributed by atoms with Crippen LogP contribution < -0.4 is 4.31 Å². The zero-order chi connectivity index (χ0) is 17.4. The Labute approximate surface area is 135 Å². The average Bonchev–Trinajstić information content (AvgIpc) is 2.89. The van der Waals surface area contributed by atoms with Gasteiger partial charge in [-0.05, 0) is 45.0 Å². The molecule has 1 aromatic carbocycles. The highest BCUT2D eigenvalue weighted by Crippen LogP contribution is 2.24. The molecule has 0 bridgehead atoms. The molecule has 23 heavy (non-hydrogen) atoms. The molecule has 0 aliphatic rings. The first kappa shape index (κ1) is 17.0. The maximum absolute atomic E-state index is 12.8. The van der Waals surface area contributed by atoms with E-state index in [4.69, 9.17) is 5.11 Å². The van der Waals surface area contributed by atoms with Crippen LogP contribution in [0.1, 0.15) is 35.9 Å². The van der Waals surface area contributed by atoms with Crippen molar-refractivity contribution in [3.05, 3.63) is 41.6 Å². The van der Waals surface area contributed by atoms with Gasteiger partial charge in [0.05, 0.1) is 16.9 Å². The van der Waals surface area contributed by atoms with Crippen molar-refractivity contribution in [1.29, 1.82) is 0 Å². The quantitative estimate of drug-likeness (QED) is 0.903. The summed E-state index contributed by atoms with van der Waals surface area (Å²) in [5, 5.41) is 13.2. The van der Waals surface area contributed by atoms with Crippen LogP contribution in [0.4, 0.5) is 5.69 Å². The number of rotatable bonds is 5. The molecule has 2 aromatic rings. The van der Waals surface area contributed by atoms with E-state index < -0.39 is 16.0 Å². The highest BCUT2D eigenvalue weighted by atomic mass is 32.2. The monoisotopic (exact) mass is 337 g/mol. The summed E-state index contributed by atoms with van der Waals surface area (Å²) < 4.78 is 28.3.